The second-order valence-electron chi connectivity index (χ2n) is 8.23. The highest BCUT2D eigenvalue weighted by molar-refractivity contribution is 5.82. The number of anilines is 1. The number of hydrogen-bond donors (Lipinski definition) is 2. The molecule has 5 heteroatoms. The normalized spacial score (nSPS) is 14.0. The number of nitrogens with zero attached hydrogens (tertiary/aromatic N) is 2. The van der Waals surface area contributed by atoms with E-state index in [-0.39, 0.29) is 22.7 Å². The summed E-state index contributed by atoms with van der Waals surface area (Å²) in [4.78, 5) is 20.9. The Bertz CT molecular complexity index is 506. The maximum atomic E-state index is 11.6. The maximum absolute atomic E-state index is 11.6. The number of primary amides is 1. The Morgan fingerprint density at radius 1 is 1.09 bits per heavy atom. The van der Waals surface area contributed by atoms with Gasteiger partial charge in [-0.3, -0.25) is 4.79 Å². The molecule has 1 aromatic heterocycles. The minimum absolute atomic E-state index is 0.0867. The fourth-order valence-electron chi connectivity index (χ4n) is 1.97. The van der Waals surface area contributed by atoms with Gasteiger partial charge in [0.15, 0.2) is 0 Å². The van der Waals surface area contributed by atoms with Crippen LogP contribution in [0.15, 0.2) is 6.07 Å². The van der Waals surface area contributed by atoms with Crippen LogP contribution in [0.2, 0.25) is 0 Å². The highest BCUT2D eigenvalue weighted by atomic mass is 16.1. The molecule has 0 radical (unpaired) electrons. The van der Waals surface area contributed by atoms with Gasteiger partial charge in [0.05, 0.1) is 5.69 Å². The van der Waals surface area contributed by atoms with E-state index >= 15 is 0 Å². The van der Waals surface area contributed by atoms with Crippen LogP contribution >= 0.6 is 0 Å². The molecule has 1 aromatic rings. The fraction of sp³-hybridized carbons (Fsp3) is 0.706. The molecular formula is C17H30N4O. The number of rotatable bonds is 4. The lowest BCUT2D eigenvalue weighted by Gasteiger charge is -2.26. The molecule has 1 rings (SSSR count). The predicted molar refractivity (Wildman–Crippen MR) is 90.9 cm³/mol. The van der Waals surface area contributed by atoms with Crippen molar-refractivity contribution in [1.82, 2.24) is 9.97 Å². The van der Waals surface area contributed by atoms with Crippen LogP contribution in [0.4, 0.5) is 5.82 Å². The highest BCUT2D eigenvalue weighted by Gasteiger charge is 2.26. The molecule has 0 aliphatic carbocycles. The van der Waals surface area contributed by atoms with Crippen LogP contribution in [0.1, 0.15) is 66.9 Å². The Morgan fingerprint density at radius 2 is 1.64 bits per heavy atom. The fourth-order valence-corrected chi connectivity index (χ4v) is 1.97. The molecule has 0 aromatic carbocycles. The molecule has 0 bridgehead atoms. The quantitative estimate of drug-likeness (QED) is 0.896. The van der Waals surface area contributed by atoms with Gasteiger partial charge in [-0.25, -0.2) is 9.97 Å². The summed E-state index contributed by atoms with van der Waals surface area (Å²) in [5.74, 6) is 1.13. The van der Waals surface area contributed by atoms with E-state index in [0.717, 1.165) is 11.5 Å². The zero-order chi connectivity index (χ0) is 17.3. The minimum atomic E-state index is -0.449. The van der Waals surface area contributed by atoms with Crippen molar-refractivity contribution in [2.24, 2.45) is 11.7 Å². The standard InChI is InChI=1S/C17H30N4O/c1-10(2)13(14(18)22)20-12-9-11(16(3,4)5)19-15(21-12)17(6,7)8/h9-10,13H,1-8H3,(H2,18,22)(H,19,20,21). The predicted octanol–water partition coefficient (Wildman–Crippen LogP) is 2.99. The summed E-state index contributed by atoms with van der Waals surface area (Å²) >= 11 is 0. The van der Waals surface area contributed by atoms with E-state index in [2.05, 4.69) is 51.8 Å². The van der Waals surface area contributed by atoms with Gasteiger partial charge in [0.2, 0.25) is 5.91 Å². The Hall–Kier alpha value is -1.65. The third-order valence-electron chi connectivity index (χ3n) is 3.44. The SMILES string of the molecule is CC(C)C(Nc1cc(C(C)(C)C)nc(C(C)(C)C)n1)C(N)=O. The van der Waals surface area contributed by atoms with Crippen molar-refractivity contribution in [2.45, 2.75) is 72.3 Å². The van der Waals surface area contributed by atoms with Crippen LogP contribution < -0.4 is 11.1 Å². The number of carbonyl (C=O) groups is 1. The lowest BCUT2D eigenvalue weighted by atomic mass is 9.90. The largest absolute Gasteiger partial charge is 0.368 e. The Labute approximate surface area is 134 Å². The van der Waals surface area contributed by atoms with E-state index in [1.165, 1.54) is 0 Å². The molecule has 3 N–H and O–H groups in total. The van der Waals surface area contributed by atoms with Crippen LogP contribution in [0.3, 0.4) is 0 Å². The molecule has 5 nitrogen and oxygen atoms in total. The minimum Gasteiger partial charge on any atom is -0.368 e. The number of carbonyl (C=O) groups excluding carboxylic acids is 1. The third-order valence-corrected chi connectivity index (χ3v) is 3.44. The van der Waals surface area contributed by atoms with Gasteiger partial charge < -0.3 is 11.1 Å². The Kier molecular flexibility index (Phi) is 5.21. The lowest BCUT2D eigenvalue weighted by molar-refractivity contribution is -0.119. The number of hydrogen-bond acceptors (Lipinski definition) is 4. The summed E-state index contributed by atoms with van der Waals surface area (Å²) < 4.78 is 0. The monoisotopic (exact) mass is 306 g/mol. The van der Waals surface area contributed by atoms with Crippen LogP contribution in [0.5, 0.6) is 0 Å². The molecular weight excluding hydrogens is 276 g/mol. The van der Waals surface area contributed by atoms with Crippen LogP contribution in [-0.2, 0) is 15.6 Å². The molecule has 0 aliphatic heterocycles. The molecule has 0 saturated carbocycles. The molecule has 0 spiro atoms. The second-order valence-corrected chi connectivity index (χ2v) is 8.23. The maximum Gasteiger partial charge on any atom is 0.240 e. The first kappa shape index (κ1) is 18.4. The molecule has 1 atom stereocenters. The molecule has 22 heavy (non-hydrogen) atoms. The zero-order valence-electron chi connectivity index (χ0n) is 15.1. The zero-order valence-corrected chi connectivity index (χ0v) is 15.1. The first-order valence-corrected chi connectivity index (χ1v) is 7.78. The summed E-state index contributed by atoms with van der Waals surface area (Å²) in [6, 6.07) is 1.46. The van der Waals surface area contributed by atoms with Crippen molar-refractivity contribution in [3.05, 3.63) is 17.6 Å². The van der Waals surface area contributed by atoms with Gasteiger partial charge in [-0.15, -0.1) is 0 Å². The van der Waals surface area contributed by atoms with Gasteiger partial charge in [0.1, 0.15) is 17.7 Å². The van der Waals surface area contributed by atoms with Crippen molar-refractivity contribution in [1.29, 1.82) is 0 Å². The number of aromatic nitrogens is 2. The van der Waals surface area contributed by atoms with E-state index in [1.807, 2.05) is 19.9 Å². The van der Waals surface area contributed by atoms with E-state index in [4.69, 9.17) is 10.7 Å². The highest BCUT2D eigenvalue weighted by Crippen LogP contribution is 2.27. The molecule has 0 saturated heterocycles. The average Bonchev–Trinajstić information content (AvgIpc) is 2.32. The van der Waals surface area contributed by atoms with Crippen LogP contribution in [0, 0.1) is 5.92 Å². The van der Waals surface area contributed by atoms with Crippen molar-refractivity contribution in [3.63, 3.8) is 0 Å². The summed E-state index contributed by atoms with van der Waals surface area (Å²) in [7, 11) is 0. The van der Waals surface area contributed by atoms with Crippen molar-refractivity contribution >= 4 is 11.7 Å². The van der Waals surface area contributed by atoms with E-state index in [0.29, 0.717) is 5.82 Å². The summed E-state index contributed by atoms with van der Waals surface area (Å²) in [6.07, 6.45) is 0. The summed E-state index contributed by atoms with van der Waals surface area (Å²) in [5.41, 5.74) is 6.17. The Morgan fingerprint density at radius 3 is 2.00 bits per heavy atom. The van der Waals surface area contributed by atoms with Crippen molar-refractivity contribution in [2.75, 3.05) is 5.32 Å². The number of nitrogens with two attached hydrogens (primary N) is 1. The molecule has 1 heterocycles. The van der Waals surface area contributed by atoms with Crippen LogP contribution in [-0.4, -0.2) is 21.9 Å². The Balaban J connectivity index is 3.32. The summed E-state index contributed by atoms with van der Waals surface area (Å²) in [5, 5.41) is 3.18. The van der Waals surface area contributed by atoms with E-state index < -0.39 is 6.04 Å². The molecule has 0 fully saturated rings. The van der Waals surface area contributed by atoms with E-state index in [9.17, 15) is 4.79 Å². The molecule has 124 valence electrons. The van der Waals surface area contributed by atoms with Gasteiger partial charge >= 0.3 is 0 Å². The van der Waals surface area contributed by atoms with Gasteiger partial charge in [-0.05, 0) is 5.92 Å². The summed E-state index contributed by atoms with van der Waals surface area (Å²) in [6.45, 7) is 16.5. The first-order valence-electron chi connectivity index (χ1n) is 7.78. The topological polar surface area (TPSA) is 80.9 Å². The smallest absolute Gasteiger partial charge is 0.240 e. The number of amides is 1. The average molecular weight is 306 g/mol. The lowest BCUT2D eigenvalue weighted by Crippen LogP contribution is -2.40. The second kappa shape index (κ2) is 6.23. The molecule has 0 aliphatic rings. The van der Waals surface area contributed by atoms with E-state index in [1.54, 1.807) is 0 Å². The van der Waals surface area contributed by atoms with Gasteiger partial charge in [-0.1, -0.05) is 55.4 Å². The van der Waals surface area contributed by atoms with Gasteiger partial charge in [0, 0.05) is 16.9 Å². The van der Waals surface area contributed by atoms with Gasteiger partial charge in [0.25, 0.3) is 0 Å². The molecule has 1 unspecified atom stereocenters. The van der Waals surface area contributed by atoms with Crippen LogP contribution in [0.25, 0.3) is 0 Å². The van der Waals surface area contributed by atoms with Crippen molar-refractivity contribution in [3.8, 4) is 0 Å². The third kappa shape index (κ3) is 4.68. The van der Waals surface area contributed by atoms with Crippen molar-refractivity contribution < 1.29 is 4.79 Å². The number of nitrogens with one attached hydrogen (secondary N) is 1. The first-order chi connectivity index (χ1) is 9.82. The molecule has 1 amide bonds. The van der Waals surface area contributed by atoms with Gasteiger partial charge in [-0.2, -0.15) is 0 Å².